The van der Waals surface area contributed by atoms with E-state index in [0.29, 0.717) is 12.5 Å². The number of urea groups is 1. The van der Waals surface area contributed by atoms with Crippen LogP contribution in [0.2, 0.25) is 0 Å². The molecule has 1 aromatic heterocycles. The van der Waals surface area contributed by atoms with Crippen molar-refractivity contribution in [1.29, 1.82) is 0 Å². The van der Waals surface area contributed by atoms with Crippen molar-refractivity contribution < 1.29 is 19.4 Å². The third-order valence-electron chi connectivity index (χ3n) is 7.50. The summed E-state index contributed by atoms with van der Waals surface area (Å²) in [5.41, 5.74) is 2.47. The molecule has 2 aliphatic heterocycles. The van der Waals surface area contributed by atoms with Crippen molar-refractivity contribution in [2.45, 2.75) is 95.9 Å². The number of hydrogen-bond acceptors (Lipinski definition) is 5. The standard InChI is InChI=1S/C25H38N4O4/c1-16-5-6-17(2)29(16)25(32)28-22(24(30)31)11-13-33-21-14-18(15-21)7-9-20-10-8-19-4-3-12-26-23(19)27-20/h8,10,16-18,21-22H,3-7,9,11-15H2,1-2H3,(H,26,27)(H,28,32)(H,30,31). The maximum absolute atomic E-state index is 12.6. The first-order valence-corrected chi connectivity index (χ1v) is 12.6. The van der Waals surface area contributed by atoms with Crippen LogP contribution >= 0.6 is 0 Å². The fourth-order valence-corrected chi connectivity index (χ4v) is 5.34. The maximum atomic E-state index is 12.6. The van der Waals surface area contributed by atoms with Crippen LogP contribution in [0.4, 0.5) is 10.6 Å². The molecule has 3 atom stereocenters. The van der Waals surface area contributed by atoms with Gasteiger partial charge in [0.15, 0.2) is 0 Å². The number of amides is 2. The van der Waals surface area contributed by atoms with Gasteiger partial charge >= 0.3 is 12.0 Å². The Kier molecular flexibility index (Phi) is 7.73. The summed E-state index contributed by atoms with van der Waals surface area (Å²) in [6.45, 7) is 5.37. The molecule has 33 heavy (non-hydrogen) atoms. The summed E-state index contributed by atoms with van der Waals surface area (Å²) in [6.07, 6.45) is 8.77. The molecule has 8 nitrogen and oxygen atoms in total. The SMILES string of the molecule is CC1CCC(C)N1C(=O)NC(CCOC1CC(CCc2ccc3c(n2)NCCC3)C1)C(=O)O. The molecule has 4 rings (SSSR count). The lowest BCUT2D eigenvalue weighted by molar-refractivity contribution is -0.140. The molecule has 3 aliphatic rings. The number of carbonyl (C=O) groups is 2. The molecule has 1 saturated heterocycles. The van der Waals surface area contributed by atoms with E-state index < -0.39 is 12.0 Å². The van der Waals surface area contributed by atoms with Crippen molar-refractivity contribution in [3.8, 4) is 0 Å². The molecule has 0 radical (unpaired) electrons. The van der Waals surface area contributed by atoms with Gasteiger partial charge in [-0.15, -0.1) is 0 Å². The number of hydrogen-bond donors (Lipinski definition) is 3. The number of nitrogens with one attached hydrogen (secondary N) is 2. The molecule has 1 saturated carbocycles. The van der Waals surface area contributed by atoms with E-state index in [4.69, 9.17) is 9.72 Å². The van der Waals surface area contributed by atoms with E-state index in [-0.39, 0.29) is 30.6 Å². The van der Waals surface area contributed by atoms with Gasteiger partial charge in [0, 0.05) is 37.4 Å². The molecule has 2 amide bonds. The summed E-state index contributed by atoms with van der Waals surface area (Å²) < 4.78 is 5.91. The first-order chi connectivity index (χ1) is 15.9. The van der Waals surface area contributed by atoms with Crippen LogP contribution in [0.25, 0.3) is 0 Å². The fraction of sp³-hybridized carbons (Fsp3) is 0.720. The Hall–Kier alpha value is -2.35. The number of likely N-dealkylation sites (tertiary alicyclic amines) is 1. The summed E-state index contributed by atoms with van der Waals surface area (Å²) in [5.74, 6) is 0.682. The molecule has 0 bridgehead atoms. The summed E-state index contributed by atoms with van der Waals surface area (Å²) in [7, 11) is 0. The summed E-state index contributed by atoms with van der Waals surface area (Å²) in [6, 6.07) is 3.45. The molecule has 0 aromatic carbocycles. The van der Waals surface area contributed by atoms with Gasteiger partial charge in [0.2, 0.25) is 0 Å². The first-order valence-electron chi connectivity index (χ1n) is 12.6. The molecule has 0 spiro atoms. The van der Waals surface area contributed by atoms with E-state index in [2.05, 4.69) is 22.8 Å². The Morgan fingerprint density at radius 2 is 2.03 bits per heavy atom. The Bertz CT molecular complexity index is 832. The number of carboxylic acids is 1. The zero-order valence-corrected chi connectivity index (χ0v) is 19.9. The highest BCUT2D eigenvalue weighted by atomic mass is 16.5. The largest absolute Gasteiger partial charge is 0.480 e. The molecule has 3 N–H and O–H groups in total. The lowest BCUT2D eigenvalue weighted by Gasteiger charge is -2.35. The lowest BCUT2D eigenvalue weighted by atomic mass is 9.79. The summed E-state index contributed by atoms with van der Waals surface area (Å²) in [4.78, 5) is 30.7. The number of fused-ring (bicyclic) bond motifs is 1. The van der Waals surface area contributed by atoms with E-state index in [9.17, 15) is 14.7 Å². The van der Waals surface area contributed by atoms with Gasteiger partial charge in [-0.25, -0.2) is 14.6 Å². The van der Waals surface area contributed by atoms with Crippen molar-refractivity contribution >= 4 is 17.8 Å². The number of rotatable bonds is 9. The minimum absolute atomic E-state index is 0.144. The van der Waals surface area contributed by atoms with Crippen molar-refractivity contribution in [1.82, 2.24) is 15.2 Å². The van der Waals surface area contributed by atoms with E-state index in [1.54, 1.807) is 4.90 Å². The first kappa shape index (κ1) is 23.8. The number of nitrogens with zero attached hydrogens (tertiary/aromatic N) is 2. The zero-order valence-electron chi connectivity index (χ0n) is 19.9. The highest BCUT2D eigenvalue weighted by Crippen LogP contribution is 2.34. The van der Waals surface area contributed by atoms with E-state index >= 15 is 0 Å². The Labute approximate surface area is 196 Å². The minimum Gasteiger partial charge on any atom is -0.480 e. The highest BCUT2D eigenvalue weighted by molar-refractivity contribution is 5.83. The minimum atomic E-state index is -1.01. The quantitative estimate of drug-likeness (QED) is 0.522. The van der Waals surface area contributed by atoms with Crippen LogP contribution < -0.4 is 10.6 Å². The number of carboxylic acid groups (broad SMARTS) is 1. The number of aliphatic carboxylic acids is 1. The van der Waals surface area contributed by atoms with E-state index in [1.165, 1.54) is 12.0 Å². The lowest BCUT2D eigenvalue weighted by Crippen LogP contribution is -2.51. The highest BCUT2D eigenvalue weighted by Gasteiger charge is 2.34. The predicted molar refractivity (Wildman–Crippen MR) is 126 cm³/mol. The Morgan fingerprint density at radius 3 is 2.76 bits per heavy atom. The van der Waals surface area contributed by atoms with Crippen LogP contribution in [0.3, 0.4) is 0 Å². The second-order valence-electron chi connectivity index (χ2n) is 10.0. The molecular formula is C25H38N4O4. The molecule has 8 heteroatoms. The van der Waals surface area contributed by atoms with Gasteiger partial charge in [0.05, 0.1) is 6.10 Å². The van der Waals surface area contributed by atoms with Crippen LogP contribution in [-0.2, 0) is 22.4 Å². The molecule has 3 heterocycles. The van der Waals surface area contributed by atoms with Crippen LogP contribution in [0, 0.1) is 5.92 Å². The van der Waals surface area contributed by atoms with Crippen LogP contribution in [0.5, 0.6) is 0 Å². The van der Waals surface area contributed by atoms with Crippen LogP contribution in [0.15, 0.2) is 12.1 Å². The van der Waals surface area contributed by atoms with Gasteiger partial charge in [-0.05, 0) is 82.8 Å². The second kappa shape index (κ2) is 10.7. The Balaban J connectivity index is 1.13. The molecule has 3 unspecified atom stereocenters. The average Bonchev–Trinajstić information content (AvgIpc) is 3.11. The monoisotopic (exact) mass is 458 g/mol. The van der Waals surface area contributed by atoms with Gasteiger partial charge in [0.25, 0.3) is 0 Å². The summed E-state index contributed by atoms with van der Waals surface area (Å²) in [5, 5.41) is 15.6. The second-order valence-corrected chi connectivity index (χ2v) is 10.0. The van der Waals surface area contributed by atoms with Crippen LogP contribution in [-0.4, -0.2) is 64.4 Å². The number of anilines is 1. The van der Waals surface area contributed by atoms with Crippen molar-refractivity contribution in [2.75, 3.05) is 18.5 Å². The maximum Gasteiger partial charge on any atom is 0.326 e. The topological polar surface area (TPSA) is 104 Å². The molecule has 1 aromatic rings. The predicted octanol–water partition coefficient (Wildman–Crippen LogP) is 3.59. The molecule has 1 aliphatic carbocycles. The van der Waals surface area contributed by atoms with Gasteiger partial charge in [-0.1, -0.05) is 6.07 Å². The smallest absolute Gasteiger partial charge is 0.326 e. The molecule has 182 valence electrons. The third-order valence-corrected chi connectivity index (χ3v) is 7.50. The van der Waals surface area contributed by atoms with Gasteiger partial charge < -0.3 is 25.4 Å². The number of ether oxygens (including phenoxy) is 1. The van der Waals surface area contributed by atoms with Gasteiger partial charge in [-0.2, -0.15) is 0 Å². The third kappa shape index (κ3) is 5.96. The van der Waals surface area contributed by atoms with Crippen molar-refractivity contribution in [3.63, 3.8) is 0 Å². The number of carbonyl (C=O) groups excluding carboxylic acids is 1. The molecule has 2 fully saturated rings. The normalized spacial score (nSPS) is 27.3. The molecular weight excluding hydrogens is 420 g/mol. The van der Waals surface area contributed by atoms with E-state index in [1.807, 2.05) is 13.8 Å². The fourth-order valence-electron chi connectivity index (χ4n) is 5.34. The number of aromatic nitrogens is 1. The number of pyridine rings is 1. The van der Waals surface area contributed by atoms with Crippen LogP contribution in [0.1, 0.15) is 70.1 Å². The van der Waals surface area contributed by atoms with Gasteiger partial charge in [-0.3, -0.25) is 0 Å². The van der Waals surface area contributed by atoms with Crippen molar-refractivity contribution in [3.05, 3.63) is 23.4 Å². The zero-order chi connectivity index (χ0) is 23.4. The number of aryl methyl sites for hydroxylation is 2. The summed E-state index contributed by atoms with van der Waals surface area (Å²) >= 11 is 0. The van der Waals surface area contributed by atoms with Crippen molar-refractivity contribution in [2.24, 2.45) is 5.92 Å². The Morgan fingerprint density at radius 1 is 1.27 bits per heavy atom. The van der Waals surface area contributed by atoms with Gasteiger partial charge in [0.1, 0.15) is 11.9 Å². The average molecular weight is 459 g/mol. The van der Waals surface area contributed by atoms with E-state index in [0.717, 1.165) is 63.0 Å².